The fourth-order valence-corrected chi connectivity index (χ4v) is 4.26. The van der Waals surface area contributed by atoms with E-state index in [4.69, 9.17) is 9.47 Å². The highest BCUT2D eigenvalue weighted by molar-refractivity contribution is 6.10. The van der Waals surface area contributed by atoms with Crippen LogP contribution in [0.3, 0.4) is 0 Å². The van der Waals surface area contributed by atoms with Crippen LogP contribution in [0.2, 0.25) is 0 Å². The summed E-state index contributed by atoms with van der Waals surface area (Å²) in [5.74, 6) is -3.83. The van der Waals surface area contributed by atoms with Crippen molar-refractivity contribution in [1.82, 2.24) is 15.0 Å². The number of nitrogens with zero attached hydrogens (tertiary/aromatic N) is 4. The summed E-state index contributed by atoms with van der Waals surface area (Å²) in [5, 5.41) is 0.0807. The highest BCUT2D eigenvalue weighted by Gasteiger charge is 2.36. The molecular formula is C33H33F3N4O5. The van der Waals surface area contributed by atoms with Gasteiger partial charge in [0.05, 0.1) is 0 Å². The minimum absolute atomic E-state index is 0.0807. The molecule has 4 rings (SSSR count). The molecule has 0 aliphatic heterocycles. The van der Waals surface area contributed by atoms with Crippen LogP contribution in [-0.2, 0) is 22.3 Å². The highest BCUT2D eigenvalue weighted by Crippen LogP contribution is 2.26. The van der Waals surface area contributed by atoms with Gasteiger partial charge in [0.25, 0.3) is 0 Å². The summed E-state index contributed by atoms with van der Waals surface area (Å²) in [7, 11) is 0. The third-order valence-electron chi connectivity index (χ3n) is 6.12. The maximum atomic E-state index is 15.0. The van der Waals surface area contributed by atoms with Crippen LogP contribution in [0.4, 0.5) is 28.7 Å². The van der Waals surface area contributed by atoms with Crippen molar-refractivity contribution in [2.24, 2.45) is 0 Å². The molecule has 9 nitrogen and oxygen atoms in total. The third kappa shape index (κ3) is 8.62. The van der Waals surface area contributed by atoms with E-state index in [1.807, 2.05) is 0 Å². The number of aromatic nitrogens is 3. The van der Waals surface area contributed by atoms with Crippen molar-refractivity contribution >= 4 is 34.8 Å². The molecule has 0 aliphatic carbocycles. The summed E-state index contributed by atoms with van der Waals surface area (Å²) in [6, 6.07) is 12.7. The number of carbonyl (C=O) groups is 3. The summed E-state index contributed by atoms with van der Waals surface area (Å²) >= 11 is 0. The van der Waals surface area contributed by atoms with Crippen molar-refractivity contribution in [3.05, 3.63) is 94.7 Å². The molecule has 0 fully saturated rings. The Morgan fingerprint density at radius 2 is 1.36 bits per heavy atom. The van der Waals surface area contributed by atoms with E-state index in [2.05, 4.69) is 15.0 Å². The van der Waals surface area contributed by atoms with Crippen molar-refractivity contribution in [1.29, 1.82) is 0 Å². The number of hydrogen-bond donors (Lipinski definition) is 0. The van der Waals surface area contributed by atoms with Crippen molar-refractivity contribution in [2.45, 2.75) is 72.0 Å². The number of rotatable bonds is 7. The first-order chi connectivity index (χ1) is 21.0. The van der Waals surface area contributed by atoms with E-state index in [1.54, 1.807) is 59.7 Å². The van der Waals surface area contributed by atoms with E-state index in [-0.39, 0.29) is 35.9 Å². The first-order valence-corrected chi connectivity index (χ1v) is 14.1. The molecule has 2 aromatic heterocycles. The van der Waals surface area contributed by atoms with Crippen molar-refractivity contribution < 1.29 is 37.0 Å². The number of halogens is 3. The molecule has 0 atom stereocenters. The lowest BCUT2D eigenvalue weighted by molar-refractivity contribution is 0.0426. The lowest BCUT2D eigenvalue weighted by Crippen LogP contribution is -2.44. The number of imide groups is 1. The Bertz CT molecular complexity index is 1740. The number of amides is 2. The molecule has 45 heavy (non-hydrogen) atoms. The first kappa shape index (κ1) is 33.0. The zero-order valence-corrected chi connectivity index (χ0v) is 25.8. The fourth-order valence-electron chi connectivity index (χ4n) is 4.26. The average Bonchev–Trinajstić information content (AvgIpc) is 2.92. The van der Waals surface area contributed by atoms with Crippen LogP contribution in [0.25, 0.3) is 10.9 Å². The first-order valence-electron chi connectivity index (χ1n) is 14.1. The van der Waals surface area contributed by atoms with Gasteiger partial charge in [0.15, 0.2) is 17.4 Å². The van der Waals surface area contributed by atoms with Crippen LogP contribution < -0.4 is 4.90 Å². The van der Waals surface area contributed by atoms with Crippen LogP contribution in [0.5, 0.6) is 0 Å². The minimum atomic E-state index is -1.17. The van der Waals surface area contributed by atoms with E-state index in [1.165, 1.54) is 18.2 Å². The van der Waals surface area contributed by atoms with Crippen LogP contribution in [0.15, 0.2) is 54.6 Å². The predicted molar refractivity (Wildman–Crippen MR) is 160 cm³/mol. The maximum absolute atomic E-state index is 15.0. The van der Waals surface area contributed by atoms with Gasteiger partial charge in [-0.1, -0.05) is 24.3 Å². The van der Waals surface area contributed by atoms with E-state index >= 15 is 4.39 Å². The molecule has 12 heteroatoms. The lowest BCUT2D eigenvalue weighted by Gasteiger charge is -2.27. The number of ketones is 1. The molecule has 0 radical (unpaired) electrons. The second-order valence-corrected chi connectivity index (χ2v) is 12.3. The standard InChI is InChI=1S/C33H33F3N4O5/c1-32(2,3)44-30(42)40(31(43)45-33(4,5)6)29-38-27-22(11-8-12-24(27)35)28(39-29)26(41)16-14-20-9-7-10-21(37-20)17-19-13-15-23(34)25(36)18-19/h7-13,15,18H,14,16-17H2,1-6H3. The Labute approximate surface area is 258 Å². The van der Waals surface area contributed by atoms with Gasteiger partial charge in [0, 0.05) is 29.6 Å². The summed E-state index contributed by atoms with van der Waals surface area (Å²) in [4.78, 5) is 53.3. The van der Waals surface area contributed by atoms with E-state index in [9.17, 15) is 23.2 Å². The molecule has 2 heterocycles. The van der Waals surface area contributed by atoms with Gasteiger partial charge in [-0.2, -0.15) is 0 Å². The van der Waals surface area contributed by atoms with Gasteiger partial charge in [0.1, 0.15) is 28.2 Å². The topological polar surface area (TPSA) is 112 Å². The largest absolute Gasteiger partial charge is 0.443 e. The highest BCUT2D eigenvalue weighted by atomic mass is 19.2. The normalized spacial score (nSPS) is 11.8. The van der Waals surface area contributed by atoms with Gasteiger partial charge in [-0.25, -0.2) is 32.7 Å². The number of ether oxygens (including phenoxy) is 2. The fraction of sp³-hybridized carbons (Fsp3) is 0.333. The van der Waals surface area contributed by atoms with E-state index in [0.29, 0.717) is 21.9 Å². The number of anilines is 1. The third-order valence-corrected chi connectivity index (χ3v) is 6.12. The quantitative estimate of drug-likeness (QED) is 0.195. The molecule has 0 aliphatic rings. The summed E-state index contributed by atoms with van der Waals surface area (Å²) < 4.78 is 52.8. The van der Waals surface area contributed by atoms with Crippen LogP contribution in [-0.4, -0.2) is 44.1 Å². The van der Waals surface area contributed by atoms with Gasteiger partial charge in [0.2, 0.25) is 5.95 Å². The van der Waals surface area contributed by atoms with Crippen molar-refractivity contribution in [2.75, 3.05) is 4.90 Å². The number of Topliss-reactive ketones (excluding diaryl/α,β-unsaturated/α-hetero) is 1. The van der Waals surface area contributed by atoms with Gasteiger partial charge >= 0.3 is 12.2 Å². The number of para-hydroxylation sites is 1. The van der Waals surface area contributed by atoms with Crippen molar-refractivity contribution in [3.8, 4) is 0 Å². The molecule has 2 aromatic carbocycles. The lowest BCUT2D eigenvalue weighted by atomic mass is 10.0. The summed E-state index contributed by atoms with van der Waals surface area (Å²) in [5.41, 5.74) is -0.907. The molecule has 0 saturated carbocycles. The zero-order valence-electron chi connectivity index (χ0n) is 25.8. The molecular weight excluding hydrogens is 589 g/mol. The number of benzene rings is 2. The number of pyridine rings is 1. The molecule has 0 spiro atoms. The average molecular weight is 623 g/mol. The number of fused-ring (bicyclic) bond motifs is 1. The Morgan fingerprint density at radius 1 is 0.733 bits per heavy atom. The van der Waals surface area contributed by atoms with Crippen LogP contribution >= 0.6 is 0 Å². The summed E-state index contributed by atoms with van der Waals surface area (Å²) in [6.07, 6.45) is -2.07. The molecule has 4 aromatic rings. The Hall–Kier alpha value is -4.87. The predicted octanol–water partition coefficient (Wildman–Crippen LogP) is 7.53. The van der Waals surface area contributed by atoms with Gasteiger partial charge < -0.3 is 9.47 Å². The molecule has 0 unspecified atom stereocenters. The molecule has 0 bridgehead atoms. The Morgan fingerprint density at radius 3 is 1.98 bits per heavy atom. The zero-order chi connectivity index (χ0) is 33.1. The van der Waals surface area contributed by atoms with Gasteiger partial charge in [-0.05, 0) is 83.9 Å². The number of hydrogen-bond acceptors (Lipinski definition) is 8. The Kier molecular flexibility index (Phi) is 9.55. The molecule has 236 valence electrons. The second-order valence-electron chi connectivity index (χ2n) is 12.3. The maximum Gasteiger partial charge on any atom is 0.427 e. The van der Waals surface area contributed by atoms with E-state index in [0.717, 1.165) is 18.2 Å². The molecule has 0 saturated heterocycles. The van der Waals surface area contributed by atoms with E-state index < -0.39 is 52.6 Å². The molecule has 0 N–H and O–H groups in total. The van der Waals surface area contributed by atoms with Gasteiger partial charge in [-0.3, -0.25) is 9.78 Å². The van der Waals surface area contributed by atoms with Crippen LogP contribution in [0.1, 0.15) is 75.4 Å². The molecule has 2 amide bonds. The minimum Gasteiger partial charge on any atom is -0.443 e. The van der Waals surface area contributed by atoms with Gasteiger partial charge in [-0.15, -0.1) is 4.90 Å². The summed E-state index contributed by atoms with van der Waals surface area (Å²) in [6.45, 7) is 9.55. The smallest absolute Gasteiger partial charge is 0.427 e. The SMILES string of the molecule is CC(C)(C)OC(=O)N(C(=O)OC(C)(C)C)c1nc(C(=O)CCc2cccc(Cc3ccc(F)c(F)c3)n2)c2cccc(F)c2n1. The van der Waals surface area contributed by atoms with Crippen molar-refractivity contribution in [3.63, 3.8) is 0 Å². The number of aryl methyl sites for hydroxylation is 1. The second kappa shape index (κ2) is 13.0. The Balaban J connectivity index is 1.66. The monoisotopic (exact) mass is 622 g/mol. The van der Waals surface area contributed by atoms with Crippen LogP contribution in [0, 0.1) is 17.5 Å². The number of carbonyl (C=O) groups excluding carboxylic acids is 3.